The van der Waals surface area contributed by atoms with Crippen molar-refractivity contribution in [3.63, 3.8) is 0 Å². The Kier molecular flexibility index (Phi) is 2.87. The van der Waals surface area contributed by atoms with E-state index in [9.17, 15) is 0 Å². The van der Waals surface area contributed by atoms with Gasteiger partial charge in [-0.2, -0.15) is 5.10 Å². The second-order valence-electron chi connectivity index (χ2n) is 4.24. The summed E-state index contributed by atoms with van der Waals surface area (Å²) in [5.74, 6) is 1.58. The van der Waals surface area contributed by atoms with Gasteiger partial charge in [0, 0.05) is 12.7 Å². The Bertz CT molecular complexity index is 290. The lowest BCUT2D eigenvalue weighted by atomic mass is 9.71. The predicted molar refractivity (Wildman–Crippen MR) is 56.9 cm³/mol. The van der Waals surface area contributed by atoms with Crippen molar-refractivity contribution in [2.45, 2.75) is 32.7 Å². The second kappa shape index (κ2) is 4.13. The Morgan fingerprint density at radius 1 is 1.50 bits per heavy atom. The molecule has 2 N–H and O–H groups in total. The van der Waals surface area contributed by atoms with Gasteiger partial charge in [-0.3, -0.25) is 4.68 Å². The normalized spacial score (nSPS) is 26.1. The van der Waals surface area contributed by atoms with Crippen molar-refractivity contribution in [2.75, 3.05) is 6.54 Å². The van der Waals surface area contributed by atoms with Crippen LogP contribution in [0.2, 0.25) is 0 Å². The van der Waals surface area contributed by atoms with E-state index in [1.807, 2.05) is 10.9 Å². The van der Waals surface area contributed by atoms with Gasteiger partial charge < -0.3 is 5.73 Å². The van der Waals surface area contributed by atoms with Crippen LogP contribution in [0.15, 0.2) is 12.4 Å². The highest BCUT2D eigenvalue weighted by Gasteiger charge is 2.29. The zero-order valence-corrected chi connectivity index (χ0v) is 8.82. The van der Waals surface area contributed by atoms with Crippen LogP contribution >= 0.6 is 0 Å². The lowest BCUT2D eigenvalue weighted by molar-refractivity contribution is 0.183. The molecular weight excluding hydrogens is 174 g/mol. The average Bonchev–Trinajstić information content (AvgIpc) is 2.61. The van der Waals surface area contributed by atoms with E-state index in [4.69, 9.17) is 5.73 Å². The van der Waals surface area contributed by atoms with Crippen LogP contribution < -0.4 is 5.73 Å². The van der Waals surface area contributed by atoms with Gasteiger partial charge in [0.1, 0.15) is 0 Å². The highest BCUT2D eigenvalue weighted by molar-refractivity contribution is 5.06. The fourth-order valence-corrected chi connectivity index (χ4v) is 2.20. The molecule has 3 nitrogen and oxygen atoms in total. The number of rotatable bonds is 4. The summed E-state index contributed by atoms with van der Waals surface area (Å²) in [5, 5.41) is 4.28. The second-order valence-corrected chi connectivity index (χ2v) is 4.24. The molecule has 78 valence electrons. The Hall–Kier alpha value is -0.830. The third-order valence-corrected chi connectivity index (χ3v) is 3.39. The van der Waals surface area contributed by atoms with E-state index in [-0.39, 0.29) is 0 Å². The van der Waals surface area contributed by atoms with Crippen molar-refractivity contribution in [3.8, 4) is 0 Å². The first-order chi connectivity index (χ1) is 6.83. The molecule has 0 bridgehead atoms. The van der Waals surface area contributed by atoms with Gasteiger partial charge in [-0.15, -0.1) is 0 Å². The van der Waals surface area contributed by atoms with Gasteiger partial charge in [-0.05, 0) is 50.1 Å². The summed E-state index contributed by atoms with van der Waals surface area (Å²) in [6, 6.07) is 0. The Morgan fingerprint density at radius 3 is 2.79 bits per heavy atom. The van der Waals surface area contributed by atoms with Gasteiger partial charge in [-0.1, -0.05) is 0 Å². The van der Waals surface area contributed by atoms with Crippen LogP contribution in [0.4, 0.5) is 0 Å². The first-order valence-electron chi connectivity index (χ1n) is 5.55. The molecule has 1 heterocycles. The summed E-state index contributed by atoms with van der Waals surface area (Å²) in [7, 11) is 0. The molecule has 14 heavy (non-hydrogen) atoms. The summed E-state index contributed by atoms with van der Waals surface area (Å²) in [5.41, 5.74) is 7.06. The van der Waals surface area contributed by atoms with Crippen LogP contribution in [0.5, 0.6) is 0 Å². The van der Waals surface area contributed by atoms with Crippen LogP contribution in [0.3, 0.4) is 0 Å². The maximum Gasteiger partial charge on any atom is 0.0521 e. The van der Waals surface area contributed by atoms with Crippen molar-refractivity contribution in [1.29, 1.82) is 0 Å². The van der Waals surface area contributed by atoms with Crippen molar-refractivity contribution < 1.29 is 0 Å². The van der Waals surface area contributed by atoms with Gasteiger partial charge in [0.2, 0.25) is 0 Å². The number of aryl methyl sites for hydroxylation is 1. The molecule has 1 saturated carbocycles. The zero-order valence-electron chi connectivity index (χ0n) is 8.82. The van der Waals surface area contributed by atoms with Crippen LogP contribution in [0.1, 0.15) is 25.3 Å². The maximum absolute atomic E-state index is 5.69. The van der Waals surface area contributed by atoms with E-state index in [0.29, 0.717) is 0 Å². The van der Waals surface area contributed by atoms with Gasteiger partial charge in [0.25, 0.3) is 0 Å². The van der Waals surface area contributed by atoms with Gasteiger partial charge in [0.05, 0.1) is 6.20 Å². The number of aromatic nitrogens is 2. The van der Waals surface area contributed by atoms with Gasteiger partial charge >= 0.3 is 0 Å². The highest BCUT2D eigenvalue weighted by Crippen LogP contribution is 2.35. The molecular formula is C11H19N3. The largest absolute Gasteiger partial charge is 0.330 e. The standard InChI is InChI=1S/C11H19N3/c1-2-14-8-9(7-13-14)5-10-3-4-11(10)6-12/h7-8,10-11H,2-6,12H2,1H3. The number of hydrogen-bond acceptors (Lipinski definition) is 2. The topological polar surface area (TPSA) is 43.8 Å². The first-order valence-corrected chi connectivity index (χ1v) is 5.55. The van der Waals surface area contributed by atoms with Gasteiger partial charge in [0.15, 0.2) is 0 Å². The molecule has 2 unspecified atom stereocenters. The van der Waals surface area contributed by atoms with Crippen molar-refractivity contribution in [2.24, 2.45) is 17.6 Å². The lowest BCUT2D eigenvalue weighted by Gasteiger charge is -2.35. The van der Waals surface area contributed by atoms with Gasteiger partial charge in [-0.25, -0.2) is 0 Å². The third kappa shape index (κ3) is 1.82. The summed E-state index contributed by atoms with van der Waals surface area (Å²) in [6.07, 6.45) is 7.99. The first kappa shape index (κ1) is 9.71. The minimum Gasteiger partial charge on any atom is -0.330 e. The number of hydrogen-bond donors (Lipinski definition) is 1. The van der Waals surface area contributed by atoms with Crippen molar-refractivity contribution in [3.05, 3.63) is 18.0 Å². The van der Waals surface area contributed by atoms with Crippen LogP contribution in [-0.4, -0.2) is 16.3 Å². The van der Waals surface area contributed by atoms with Crippen molar-refractivity contribution >= 4 is 0 Å². The Morgan fingerprint density at radius 2 is 2.29 bits per heavy atom. The fourth-order valence-electron chi connectivity index (χ4n) is 2.20. The number of nitrogens with two attached hydrogens (primary N) is 1. The Labute approximate surface area is 85.3 Å². The molecule has 0 saturated heterocycles. The molecule has 3 heteroatoms. The van der Waals surface area contributed by atoms with E-state index < -0.39 is 0 Å². The van der Waals surface area contributed by atoms with E-state index >= 15 is 0 Å². The van der Waals surface area contributed by atoms with E-state index in [1.54, 1.807) is 0 Å². The van der Waals surface area contributed by atoms with E-state index in [2.05, 4.69) is 18.2 Å². The molecule has 0 aliphatic heterocycles. The van der Waals surface area contributed by atoms with Crippen molar-refractivity contribution in [1.82, 2.24) is 9.78 Å². The van der Waals surface area contributed by atoms with Crippen LogP contribution in [0.25, 0.3) is 0 Å². The number of nitrogens with zero attached hydrogens (tertiary/aromatic N) is 2. The summed E-state index contributed by atoms with van der Waals surface area (Å²) in [4.78, 5) is 0. The Balaban J connectivity index is 1.90. The molecule has 1 aromatic rings. The van der Waals surface area contributed by atoms with E-state index in [0.717, 1.165) is 24.9 Å². The SMILES string of the molecule is CCn1cc(CC2CCC2CN)cn1. The summed E-state index contributed by atoms with van der Waals surface area (Å²) in [6.45, 7) is 3.93. The lowest BCUT2D eigenvalue weighted by Crippen LogP contribution is -2.33. The summed E-state index contributed by atoms with van der Waals surface area (Å²) < 4.78 is 1.99. The zero-order chi connectivity index (χ0) is 9.97. The molecule has 1 aliphatic carbocycles. The fraction of sp³-hybridized carbons (Fsp3) is 0.727. The van der Waals surface area contributed by atoms with Crippen LogP contribution in [0, 0.1) is 11.8 Å². The minimum absolute atomic E-state index is 0.764. The maximum atomic E-state index is 5.69. The molecule has 0 spiro atoms. The minimum atomic E-state index is 0.764. The van der Waals surface area contributed by atoms with E-state index in [1.165, 1.54) is 24.8 Å². The molecule has 1 aliphatic rings. The molecule has 1 aromatic heterocycles. The molecule has 2 rings (SSSR count). The average molecular weight is 193 g/mol. The van der Waals surface area contributed by atoms with Crippen LogP contribution in [-0.2, 0) is 13.0 Å². The highest BCUT2D eigenvalue weighted by atomic mass is 15.3. The molecule has 0 aromatic carbocycles. The smallest absolute Gasteiger partial charge is 0.0521 e. The molecule has 2 atom stereocenters. The quantitative estimate of drug-likeness (QED) is 0.786. The summed E-state index contributed by atoms with van der Waals surface area (Å²) >= 11 is 0. The predicted octanol–water partition coefficient (Wildman–Crippen LogP) is 1.43. The molecule has 0 amide bonds. The molecule has 0 radical (unpaired) electrons. The molecule has 1 fully saturated rings. The monoisotopic (exact) mass is 193 g/mol. The third-order valence-electron chi connectivity index (χ3n) is 3.39.